The Balaban J connectivity index is 2.74. The van der Waals surface area contributed by atoms with E-state index in [1.54, 1.807) is 18.2 Å². The molecule has 1 aliphatic heterocycles. The highest BCUT2D eigenvalue weighted by Gasteiger charge is 2.24. The van der Waals surface area contributed by atoms with Gasteiger partial charge in [0.1, 0.15) is 0 Å². The van der Waals surface area contributed by atoms with Gasteiger partial charge in [-0.3, -0.25) is 9.05 Å². The third-order valence-electron chi connectivity index (χ3n) is 5.65. The Morgan fingerprint density at radius 1 is 1.00 bits per heavy atom. The van der Waals surface area contributed by atoms with E-state index < -0.39 is 26.0 Å². The Morgan fingerprint density at radius 2 is 1.69 bits per heavy atom. The van der Waals surface area contributed by atoms with E-state index in [9.17, 15) is 19.4 Å². The van der Waals surface area contributed by atoms with Crippen molar-refractivity contribution < 1.29 is 33.1 Å². The van der Waals surface area contributed by atoms with E-state index in [-0.39, 0.29) is 25.7 Å². The first-order valence-corrected chi connectivity index (χ1v) is 14.5. The Labute approximate surface area is 211 Å². The van der Waals surface area contributed by atoms with Crippen LogP contribution in [0.5, 0.6) is 0 Å². The van der Waals surface area contributed by atoms with E-state index in [1.807, 2.05) is 6.92 Å². The van der Waals surface area contributed by atoms with Crippen LogP contribution >= 0.6 is 7.82 Å². The molecule has 0 bridgehead atoms. The second-order valence-electron chi connectivity index (χ2n) is 9.04. The summed E-state index contributed by atoms with van der Waals surface area (Å²) in [6.45, 7) is 1.84. The van der Waals surface area contributed by atoms with Gasteiger partial charge in [-0.25, -0.2) is 9.36 Å². The molecule has 0 radical (unpaired) electrons. The minimum atomic E-state index is -4.31. The molecule has 0 aromatic carbocycles. The predicted molar refractivity (Wildman–Crippen MR) is 139 cm³/mol. The summed E-state index contributed by atoms with van der Waals surface area (Å²) in [6, 6.07) is 0. The number of carbonyl (C=O) groups excluding carboxylic acids is 1. The van der Waals surface area contributed by atoms with E-state index in [2.05, 4.69) is 12.2 Å². The van der Waals surface area contributed by atoms with Gasteiger partial charge in [0.25, 0.3) is 0 Å². The highest BCUT2D eigenvalue weighted by molar-refractivity contribution is 7.47. The largest absolute Gasteiger partial charge is 0.472 e. The molecule has 0 aromatic rings. The highest BCUT2D eigenvalue weighted by atomic mass is 31.2. The number of carbonyl (C=O) groups is 1. The summed E-state index contributed by atoms with van der Waals surface area (Å²) in [6.07, 6.45) is 21.2. The molecule has 0 aromatic heterocycles. The van der Waals surface area contributed by atoms with Gasteiger partial charge in [0, 0.05) is 12.6 Å². The molecular formula is C26H46NO7P. The van der Waals surface area contributed by atoms with Gasteiger partial charge in [-0.1, -0.05) is 62.5 Å². The van der Waals surface area contributed by atoms with Crippen molar-refractivity contribution in [3.63, 3.8) is 0 Å². The zero-order valence-electron chi connectivity index (χ0n) is 21.3. The number of esters is 1. The molecule has 202 valence electrons. The van der Waals surface area contributed by atoms with Crippen LogP contribution in [0.3, 0.4) is 0 Å². The van der Waals surface area contributed by atoms with Crippen molar-refractivity contribution in [3.8, 4) is 0 Å². The van der Waals surface area contributed by atoms with Gasteiger partial charge in [-0.15, -0.1) is 0 Å². The highest BCUT2D eigenvalue weighted by Crippen LogP contribution is 2.45. The fourth-order valence-electron chi connectivity index (χ4n) is 3.73. The molecule has 4 atom stereocenters. The second kappa shape index (κ2) is 19.9. The number of phosphoric ester groups is 1. The maximum absolute atomic E-state index is 12.2. The van der Waals surface area contributed by atoms with Gasteiger partial charge in [-0.2, -0.15) is 0 Å². The number of cyclic esters (lactones) is 1. The van der Waals surface area contributed by atoms with Gasteiger partial charge < -0.3 is 20.5 Å². The molecular weight excluding hydrogens is 469 g/mol. The number of hydrogen-bond donors (Lipinski definition) is 3. The zero-order valence-corrected chi connectivity index (χ0v) is 22.2. The number of nitrogens with two attached hydrogens (primary N) is 1. The maximum atomic E-state index is 12.2. The topological polar surface area (TPSA) is 128 Å². The van der Waals surface area contributed by atoms with Crippen LogP contribution in [0.2, 0.25) is 0 Å². The van der Waals surface area contributed by atoms with Crippen molar-refractivity contribution in [2.24, 2.45) is 5.73 Å². The van der Waals surface area contributed by atoms with Gasteiger partial charge >= 0.3 is 13.8 Å². The summed E-state index contributed by atoms with van der Waals surface area (Å²) in [4.78, 5) is 22.0. The Morgan fingerprint density at radius 3 is 2.43 bits per heavy atom. The smallest absolute Gasteiger partial charge is 0.460 e. The molecule has 35 heavy (non-hydrogen) atoms. The standard InChI is InChI=1S/C26H46NO7P/c1-23-15-11-9-7-5-3-2-4-6-8-10-12-16-24(28)17-13-18-25(19-14-20-26(29)33-23)34-35(30,31)32-22-21-27/h5,7,13-14,18,20,23-25,28H,2-4,6,8-12,15-17,19,21-22,27H2,1H3,(H,30,31)/b7-5+,18-13+,20-14+/t23-,24-,25-/m1/s1. The first-order chi connectivity index (χ1) is 16.8. The van der Waals surface area contributed by atoms with E-state index in [0.717, 1.165) is 38.5 Å². The second-order valence-corrected chi connectivity index (χ2v) is 10.4. The first-order valence-electron chi connectivity index (χ1n) is 13.0. The zero-order chi connectivity index (χ0) is 25.8. The number of aliphatic hydroxyl groups is 1. The fourth-order valence-corrected chi connectivity index (χ4v) is 4.63. The van der Waals surface area contributed by atoms with Crippen LogP contribution in [-0.2, 0) is 23.1 Å². The van der Waals surface area contributed by atoms with Crippen LogP contribution in [0.1, 0.15) is 90.4 Å². The SMILES string of the molecule is C[C@@H]1CCC/C=C/CCCCCCCC[C@@H](O)C/C=C/[C@@H](OP(=O)(O)OCCN)C/C=C/C(=O)O1. The summed E-state index contributed by atoms with van der Waals surface area (Å²) >= 11 is 0. The average Bonchev–Trinajstić information content (AvgIpc) is 2.79. The molecule has 1 unspecified atom stereocenters. The van der Waals surface area contributed by atoms with Crippen molar-refractivity contribution in [2.75, 3.05) is 13.2 Å². The fraction of sp³-hybridized carbons (Fsp3) is 0.731. The molecule has 9 heteroatoms. The third-order valence-corrected chi connectivity index (χ3v) is 6.69. The van der Waals surface area contributed by atoms with Crippen LogP contribution in [0.15, 0.2) is 36.5 Å². The van der Waals surface area contributed by atoms with Crippen LogP contribution in [-0.4, -0.2) is 47.4 Å². The summed E-state index contributed by atoms with van der Waals surface area (Å²) in [5, 5.41) is 10.3. The molecule has 8 nitrogen and oxygen atoms in total. The lowest BCUT2D eigenvalue weighted by molar-refractivity contribution is -0.142. The summed E-state index contributed by atoms with van der Waals surface area (Å²) in [5.74, 6) is -0.466. The Hall–Kier alpha value is -1.28. The van der Waals surface area contributed by atoms with Crippen LogP contribution < -0.4 is 5.73 Å². The maximum Gasteiger partial charge on any atom is 0.472 e. The van der Waals surface area contributed by atoms with Crippen LogP contribution in [0.25, 0.3) is 0 Å². The molecule has 0 amide bonds. The molecule has 0 aliphatic carbocycles. The minimum Gasteiger partial charge on any atom is -0.460 e. The van der Waals surface area contributed by atoms with E-state index >= 15 is 0 Å². The van der Waals surface area contributed by atoms with Crippen molar-refractivity contribution in [2.45, 2.75) is 109 Å². The monoisotopic (exact) mass is 515 g/mol. The molecule has 1 heterocycles. The Kier molecular flexibility index (Phi) is 18.0. The number of ether oxygens (including phenoxy) is 1. The van der Waals surface area contributed by atoms with Crippen molar-refractivity contribution in [3.05, 3.63) is 36.5 Å². The van der Waals surface area contributed by atoms with Crippen LogP contribution in [0.4, 0.5) is 0 Å². The summed E-state index contributed by atoms with van der Waals surface area (Å²) in [5.41, 5.74) is 5.33. The number of phosphoric acid groups is 1. The van der Waals surface area contributed by atoms with Gasteiger partial charge in [0.15, 0.2) is 0 Å². The normalized spacial score (nSPS) is 29.7. The van der Waals surface area contributed by atoms with Crippen LogP contribution in [0, 0.1) is 0 Å². The molecule has 4 N–H and O–H groups in total. The molecule has 0 saturated carbocycles. The summed E-state index contributed by atoms with van der Waals surface area (Å²) in [7, 11) is -4.31. The lowest BCUT2D eigenvalue weighted by atomic mass is 10.0. The van der Waals surface area contributed by atoms with E-state index in [1.165, 1.54) is 31.8 Å². The Bertz CT molecular complexity index is 695. The molecule has 0 saturated heterocycles. The molecule has 0 spiro atoms. The van der Waals surface area contributed by atoms with E-state index in [4.69, 9.17) is 19.5 Å². The van der Waals surface area contributed by atoms with Gasteiger partial charge in [-0.05, 0) is 58.3 Å². The number of allylic oxidation sites excluding steroid dienone is 2. The van der Waals surface area contributed by atoms with Crippen molar-refractivity contribution >= 4 is 13.8 Å². The average molecular weight is 516 g/mol. The van der Waals surface area contributed by atoms with Crippen molar-refractivity contribution in [1.82, 2.24) is 0 Å². The van der Waals surface area contributed by atoms with Gasteiger partial charge in [0.05, 0.1) is 24.9 Å². The molecule has 1 aliphatic rings. The van der Waals surface area contributed by atoms with E-state index in [0.29, 0.717) is 12.8 Å². The third kappa shape index (κ3) is 18.6. The number of rotatable bonds is 5. The van der Waals surface area contributed by atoms with Gasteiger partial charge in [0.2, 0.25) is 0 Å². The van der Waals surface area contributed by atoms with Crippen molar-refractivity contribution in [1.29, 1.82) is 0 Å². The lowest BCUT2D eigenvalue weighted by Crippen LogP contribution is -2.14. The number of aliphatic hydroxyl groups excluding tert-OH is 1. The predicted octanol–water partition coefficient (Wildman–Crippen LogP) is 5.49. The minimum absolute atomic E-state index is 0.0842. The lowest BCUT2D eigenvalue weighted by Gasteiger charge is -2.17. The molecule has 1 rings (SSSR count). The molecule has 0 fully saturated rings. The summed E-state index contributed by atoms with van der Waals surface area (Å²) < 4.78 is 27.6. The quantitative estimate of drug-likeness (QED) is 0.249. The number of hydrogen-bond acceptors (Lipinski definition) is 7. The first kappa shape index (κ1) is 31.7.